The molecule has 0 saturated heterocycles. The number of rotatable bonds is 3. The Hall–Kier alpha value is -0.460. The van der Waals surface area contributed by atoms with Crippen LogP contribution in [-0.4, -0.2) is 40.6 Å². The van der Waals surface area contributed by atoms with E-state index in [4.69, 9.17) is 0 Å². The molecular formula is C5H12N2O3S. The van der Waals surface area contributed by atoms with Gasteiger partial charge in [-0.15, -0.1) is 0 Å². The zero-order valence-corrected chi connectivity index (χ0v) is 7.84. The van der Waals surface area contributed by atoms with E-state index in [9.17, 15) is 9.00 Å². The molecule has 5 nitrogen and oxygen atoms in total. The summed E-state index contributed by atoms with van der Waals surface area (Å²) in [5.74, 6) is -0.182. The fraction of sp³-hybridized carbons (Fsp3) is 0.800. The third-order valence-electron chi connectivity index (χ3n) is 1.09. The predicted molar refractivity (Wildman–Crippen MR) is 41.4 cm³/mol. The van der Waals surface area contributed by atoms with E-state index in [1.54, 1.807) is 0 Å². The summed E-state index contributed by atoms with van der Waals surface area (Å²) in [6.45, 7) is 1.39. The molecule has 0 aromatic rings. The zero-order chi connectivity index (χ0) is 9.02. The van der Waals surface area contributed by atoms with Crippen molar-refractivity contribution in [2.45, 2.75) is 6.92 Å². The van der Waals surface area contributed by atoms with Gasteiger partial charge in [-0.1, -0.05) is 5.17 Å². The maximum atomic E-state index is 10.7. The van der Waals surface area contributed by atoms with Crippen LogP contribution in [0.4, 0.5) is 0 Å². The van der Waals surface area contributed by atoms with Crippen molar-refractivity contribution in [2.75, 3.05) is 20.4 Å². The van der Waals surface area contributed by atoms with Crippen LogP contribution in [0.5, 0.6) is 0 Å². The average Bonchev–Trinajstić information content (AvgIpc) is 1.84. The van der Waals surface area contributed by atoms with Crippen LogP contribution in [0.1, 0.15) is 6.92 Å². The molecule has 0 aliphatic rings. The average molecular weight is 180 g/mol. The van der Waals surface area contributed by atoms with Gasteiger partial charge in [-0.05, 0) is 0 Å². The van der Waals surface area contributed by atoms with Gasteiger partial charge in [0, 0.05) is 27.3 Å². The maximum absolute atomic E-state index is 10.7. The standard InChI is InChI=1S/C5H12N2O3S/c1-5(8)6(2)7(3)10-11(4)9/h1-4H3. The van der Waals surface area contributed by atoms with E-state index >= 15 is 0 Å². The SMILES string of the molecule is CC(=O)N(C)N(C)OS(C)=O. The minimum absolute atomic E-state index is 0.182. The topological polar surface area (TPSA) is 49.9 Å². The van der Waals surface area contributed by atoms with Gasteiger partial charge in [-0.25, -0.2) is 4.21 Å². The number of hydrogen-bond donors (Lipinski definition) is 0. The van der Waals surface area contributed by atoms with Crippen LogP contribution in [0.25, 0.3) is 0 Å². The van der Waals surface area contributed by atoms with Crippen LogP contribution in [0.15, 0.2) is 0 Å². The van der Waals surface area contributed by atoms with Gasteiger partial charge in [-0.3, -0.25) is 9.80 Å². The number of hydroxylamine groups is 1. The molecule has 0 rings (SSSR count). The summed E-state index contributed by atoms with van der Waals surface area (Å²) in [6, 6.07) is 0. The summed E-state index contributed by atoms with van der Waals surface area (Å²) in [5.41, 5.74) is 0. The van der Waals surface area contributed by atoms with Crippen molar-refractivity contribution in [3.05, 3.63) is 0 Å². The molecule has 0 radical (unpaired) electrons. The Kier molecular flexibility index (Phi) is 4.24. The number of hydrazine groups is 1. The number of nitrogens with zero attached hydrogens (tertiary/aromatic N) is 2. The summed E-state index contributed by atoms with van der Waals surface area (Å²) < 4.78 is 15.2. The van der Waals surface area contributed by atoms with Crippen molar-refractivity contribution < 1.29 is 13.3 Å². The molecule has 0 bridgehead atoms. The van der Waals surface area contributed by atoms with Gasteiger partial charge >= 0.3 is 0 Å². The van der Waals surface area contributed by atoms with E-state index in [-0.39, 0.29) is 5.91 Å². The molecule has 0 aliphatic heterocycles. The van der Waals surface area contributed by atoms with Crippen LogP contribution >= 0.6 is 0 Å². The quantitative estimate of drug-likeness (QED) is 0.551. The van der Waals surface area contributed by atoms with Crippen LogP contribution in [0.2, 0.25) is 0 Å². The fourth-order valence-corrected chi connectivity index (χ4v) is 0.804. The van der Waals surface area contributed by atoms with Crippen LogP contribution in [0.3, 0.4) is 0 Å². The van der Waals surface area contributed by atoms with Crippen LogP contribution in [0, 0.1) is 0 Å². The lowest BCUT2D eigenvalue weighted by Crippen LogP contribution is -2.40. The Morgan fingerprint density at radius 1 is 1.45 bits per heavy atom. The van der Waals surface area contributed by atoms with Gasteiger partial charge in [0.1, 0.15) is 0 Å². The Morgan fingerprint density at radius 3 is 2.18 bits per heavy atom. The monoisotopic (exact) mass is 180 g/mol. The molecule has 66 valence electrons. The Labute approximate surface area is 68.5 Å². The molecule has 0 heterocycles. The number of carbonyl (C=O) groups excluding carboxylic acids is 1. The highest BCUT2D eigenvalue weighted by Gasteiger charge is 2.10. The second kappa shape index (κ2) is 4.42. The highest BCUT2D eigenvalue weighted by atomic mass is 32.2. The molecule has 0 saturated carbocycles. The van der Waals surface area contributed by atoms with Crippen molar-refractivity contribution in [3.63, 3.8) is 0 Å². The van der Waals surface area contributed by atoms with E-state index in [0.717, 1.165) is 5.17 Å². The molecule has 0 aromatic carbocycles. The van der Waals surface area contributed by atoms with E-state index in [1.165, 1.54) is 32.3 Å². The van der Waals surface area contributed by atoms with Gasteiger partial charge in [-0.2, -0.15) is 4.28 Å². The summed E-state index contributed by atoms with van der Waals surface area (Å²) in [6.07, 6.45) is 1.38. The summed E-state index contributed by atoms with van der Waals surface area (Å²) in [4.78, 5) is 10.7. The molecule has 1 unspecified atom stereocenters. The first-order valence-corrected chi connectivity index (χ1v) is 4.43. The molecule has 0 fully saturated rings. The molecule has 1 amide bonds. The van der Waals surface area contributed by atoms with Crippen molar-refractivity contribution in [2.24, 2.45) is 0 Å². The lowest BCUT2D eigenvalue weighted by molar-refractivity contribution is -0.191. The molecule has 0 spiro atoms. The summed E-state index contributed by atoms with van der Waals surface area (Å²) in [7, 11) is 3.03. The van der Waals surface area contributed by atoms with Gasteiger partial charge in [0.2, 0.25) is 5.91 Å². The summed E-state index contributed by atoms with van der Waals surface area (Å²) in [5, 5.41) is 2.33. The minimum atomic E-state index is -1.40. The van der Waals surface area contributed by atoms with Crippen LogP contribution in [-0.2, 0) is 20.2 Å². The van der Waals surface area contributed by atoms with Crippen molar-refractivity contribution in [3.8, 4) is 0 Å². The van der Waals surface area contributed by atoms with Crippen molar-refractivity contribution >= 4 is 17.0 Å². The van der Waals surface area contributed by atoms with Gasteiger partial charge in [0.15, 0.2) is 11.1 Å². The van der Waals surface area contributed by atoms with Gasteiger partial charge in [0.25, 0.3) is 0 Å². The highest BCUT2D eigenvalue weighted by Crippen LogP contribution is 1.93. The molecule has 0 aromatic heterocycles. The number of carbonyl (C=O) groups is 1. The first-order valence-electron chi connectivity index (χ1n) is 2.95. The second-order valence-corrected chi connectivity index (χ2v) is 2.93. The number of hydrogen-bond acceptors (Lipinski definition) is 4. The molecule has 0 N–H and O–H groups in total. The Balaban J connectivity index is 3.92. The normalized spacial score (nSPS) is 13.2. The van der Waals surface area contributed by atoms with E-state index in [2.05, 4.69) is 4.28 Å². The lowest BCUT2D eigenvalue weighted by atomic mass is 10.7. The second-order valence-electron chi connectivity index (χ2n) is 1.98. The van der Waals surface area contributed by atoms with Gasteiger partial charge < -0.3 is 0 Å². The van der Waals surface area contributed by atoms with Crippen molar-refractivity contribution in [1.82, 2.24) is 10.2 Å². The van der Waals surface area contributed by atoms with Gasteiger partial charge in [0.05, 0.1) is 0 Å². The molecular weight excluding hydrogens is 168 g/mol. The first kappa shape index (κ1) is 10.5. The molecule has 11 heavy (non-hydrogen) atoms. The Bertz CT molecular complexity index is 173. The van der Waals surface area contributed by atoms with E-state index in [0.29, 0.717) is 0 Å². The first-order chi connectivity index (χ1) is 4.95. The Morgan fingerprint density at radius 2 is 1.91 bits per heavy atom. The molecule has 0 aliphatic carbocycles. The smallest absolute Gasteiger partial charge is 0.235 e. The minimum Gasteiger partial charge on any atom is -0.274 e. The summed E-state index contributed by atoms with van der Waals surface area (Å²) >= 11 is -1.40. The molecule has 6 heteroatoms. The maximum Gasteiger partial charge on any atom is 0.235 e. The van der Waals surface area contributed by atoms with E-state index < -0.39 is 11.1 Å². The zero-order valence-electron chi connectivity index (χ0n) is 7.03. The highest BCUT2D eigenvalue weighted by molar-refractivity contribution is 7.79. The predicted octanol–water partition coefficient (Wildman–Crippen LogP) is -0.463. The van der Waals surface area contributed by atoms with E-state index in [1.807, 2.05) is 0 Å². The largest absolute Gasteiger partial charge is 0.274 e. The third-order valence-corrected chi connectivity index (χ3v) is 1.52. The lowest BCUT2D eigenvalue weighted by Gasteiger charge is -2.23. The molecule has 1 atom stereocenters. The third kappa shape index (κ3) is 4.07. The van der Waals surface area contributed by atoms with Crippen LogP contribution < -0.4 is 0 Å². The van der Waals surface area contributed by atoms with Crippen molar-refractivity contribution in [1.29, 1.82) is 0 Å². The number of amides is 1. The fourth-order valence-electron chi connectivity index (χ4n) is 0.400.